The lowest BCUT2D eigenvalue weighted by Gasteiger charge is -2.33. The Balaban J connectivity index is 2.03. The highest BCUT2D eigenvalue weighted by Crippen LogP contribution is 2.29. The Kier molecular flexibility index (Phi) is 3.57. The second kappa shape index (κ2) is 5.37. The topological polar surface area (TPSA) is 46.1 Å². The lowest BCUT2D eigenvalue weighted by atomic mass is 9.94. The van der Waals surface area contributed by atoms with Gasteiger partial charge in [0.15, 0.2) is 0 Å². The Morgan fingerprint density at radius 2 is 2.15 bits per heavy atom. The van der Waals surface area contributed by atoms with E-state index in [4.69, 9.17) is 11.6 Å². The fourth-order valence-corrected chi connectivity index (χ4v) is 2.95. The van der Waals surface area contributed by atoms with Gasteiger partial charge in [-0.1, -0.05) is 12.1 Å². The maximum absolute atomic E-state index is 11.6. The van der Waals surface area contributed by atoms with Crippen molar-refractivity contribution in [3.05, 3.63) is 29.5 Å². The number of benzene rings is 1. The first-order valence-electron chi connectivity index (χ1n) is 6.83. The van der Waals surface area contributed by atoms with E-state index in [0.29, 0.717) is 6.54 Å². The van der Waals surface area contributed by atoms with Gasteiger partial charge in [-0.3, -0.25) is 4.79 Å². The molecule has 0 bridgehead atoms. The Bertz CT molecular complexity index is 659. The Hall–Kier alpha value is -1.68. The third-order valence-corrected chi connectivity index (χ3v) is 4.02. The van der Waals surface area contributed by atoms with E-state index in [9.17, 15) is 4.79 Å². The van der Waals surface area contributed by atoms with E-state index in [2.05, 4.69) is 14.9 Å². The van der Waals surface area contributed by atoms with Crippen LogP contribution < -0.4 is 4.90 Å². The molecule has 20 heavy (non-hydrogen) atoms. The number of piperidine rings is 1. The summed E-state index contributed by atoms with van der Waals surface area (Å²) in [5, 5.41) is 1.24. The van der Waals surface area contributed by atoms with Gasteiger partial charge in [-0.2, -0.15) is 4.98 Å². The van der Waals surface area contributed by atoms with Gasteiger partial charge in [-0.25, -0.2) is 4.98 Å². The average Bonchev–Trinajstić information content (AvgIpc) is 2.46. The lowest BCUT2D eigenvalue weighted by Crippen LogP contribution is -2.38. The maximum atomic E-state index is 11.6. The zero-order valence-corrected chi connectivity index (χ0v) is 12.1. The van der Waals surface area contributed by atoms with Gasteiger partial charge in [0.05, 0.1) is 5.52 Å². The van der Waals surface area contributed by atoms with E-state index in [-0.39, 0.29) is 17.0 Å². The molecule has 2 heterocycles. The fourth-order valence-electron chi connectivity index (χ4n) is 2.77. The van der Waals surface area contributed by atoms with Crippen LogP contribution in [0, 0.1) is 5.92 Å². The second-order valence-electron chi connectivity index (χ2n) is 5.23. The zero-order valence-electron chi connectivity index (χ0n) is 11.3. The quantitative estimate of drug-likeness (QED) is 0.797. The number of fused-ring (bicyclic) bond motifs is 1. The van der Waals surface area contributed by atoms with E-state index in [1.54, 1.807) is 6.92 Å². The van der Waals surface area contributed by atoms with Crippen LogP contribution in [-0.4, -0.2) is 28.8 Å². The van der Waals surface area contributed by atoms with Crippen molar-refractivity contribution in [1.29, 1.82) is 0 Å². The van der Waals surface area contributed by atoms with E-state index in [1.165, 1.54) is 0 Å². The van der Waals surface area contributed by atoms with Crippen LogP contribution in [0.4, 0.5) is 5.82 Å². The van der Waals surface area contributed by atoms with Crippen molar-refractivity contribution in [1.82, 2.24) is 9.97 Å². The minimum atomic E-state index is 0.0938. The number of halogens is 1. The minimum absolute atomic E-state index is 0.0938. The number of ketones is 1. The van der Waals surface area contributed by atoms with Crippen molar-refractivity contribution >= 4 is 34.1 Å². The minimum Gasteiger partial charge on any atom is -0.355 e. The van der Waals surface area contributed by atoms with Gasteiger partial charge < -0.3 is 4.90 Å². The normalized spacial score (nSPS) is 19.3. The van der Waals surface area contributed by atoms with Gasteiger partial charge in [0, 0.05) is 24.4 Å². The SMILES string of the molecule is CC(=O)C1CCCN(c2nc(Cl)nc3ccccc23)C1. The number of hydrogen-bond acceptors (Lipinski definition) is 4. The molecule has 0 aliphatic carbocycles. The van der Waals surface area contributed by atoms with Crippen LogP contribution in [0.15, 0.2) is 24.3 Å². The molecule has 1 saturated heterocycles. The van der Waals surface area contributed by atoms with Gasteiger partial charge in [0.25, 0.3) is 0 Å². The van der Waals surface area contributed by atoms with Crippen LogP contribution in [0.3, 0.4) is 0 Å². The molecule has 0 radical (unpaired) electrons. The molecule has 1 aliphatic rings. The highest BCUT2D eigenvalue weighted by atomic mass is 35.5. The molecule has 1 unspecified atom stereocenters. The number of anilines is 1. The maximum Gasteiger partial charge on any atom is 0.224 e. The lowest BCUT2D eigenvalue weighted by molar-refractivity contribution is -0.120. The first-order valence-corrected chi connectivity index (χ1v) is 7.20. The van der Waals surface area contributed by atoms with Gasteiger partial charge in [0.1, 0.15) is 11.6 Å². The number of nitrogens with zero attached hydrogens (tertiary/aromatic N) is 3. The summed E-state index contributed by atoms with van der Waals surface area (Å²) < 4.78 is 0. The number of carbonyl (C=O) groups excluding carboxylic acids is 1. The molecular weight excluding hydrogens is 274 g/mol. The summed E-state index contributed by atoms with van der Waals surface area (Å²) in [4.78, 5) is 22.4. The molecule has 2 aromatic rings. The summed E-state index contributed by atoms with van der Waals surface area (Å²) >= 11 is 6.03. The number of para-hydroxylation sites is 1. The number of aromatic nitrogens is 2. The summed E-state index contributed by atoms with van der Waals surface area (Å²) in [6, 6.07) is 7.83. The smallest absolute Gasteiger partial charge is 0.224 e. The highest BCUT2D eigenvalue weighted by molar-refractivity contribution is 6.28. The van der Waals surface area contributed by atoms with Gasteiger partial charge >= 0.3 is 0 Å². The molecule has 1 fully saturated rings. The molecule has 1 aromatic heterocycles. The van der Waals surface area contributed by atoms with E-state index in [0.717, 1.165) is 36.1 Å². The van der Waals surface area contributed by atoms with E-state index >= 15 is 0 Å². The summed E-state index contributed by atoms with van der Waals surface area (Å²) in [6.45, 7) is 3.28. The molecule has 1 aliphatic heterocycles. The van der Waals surface area contributed by atoms with Gasteiger partial charge in [0.2, 0.25) is 5.28 Å². The molecule has 104 valence electrons. The first-order chi connectivity index (χ1) is 9.65. The molecule has 0 N–H and O–H groups in total. The summed E-state index contributed by atoms with van der Waals surface area (Å²) in [5.41, 5.74) is 0.840. The van der Waals surface area contributed by atoms with Crippen molar-refractivity contribution < 1.29 is 4.79 Å². The first kappa shape index (κ1) is 13.3. The van der Waals surface area contributed by atoms with Gasteiger partial charge in [-0.05, 0) is 43.5 Å². The molecule has 0 amide bonds. The molecule has 1 aromatic carbocycles. The predicted molar refractivity (Wildman–Crippen MR) is 80.2 cm³/mol. The Morgan fingerprint density at radius 1 is 1.35 bits per heavy atom. The molecular formula is C15H16ClN3O. The summed E-state index contributed by atoms with van der Waals surface area (Å²) in [6.07, 6.45) is 1.96. The largest absolute Gasteiger partial charge is 0.355 e. The van der Waals surface area contributed by atoms with Crippen LogP contribution in [0.2, 0.25) is 5.28 Å². The predicted octanol–water partition coefficient (Wildman–Crippen LogP) is 3.09. The molecule has 0 saturated carbocycles. The molecule has 4 nitrogen and oxygen atoms in total. The molecule has 5 heteroatoms. The van der Waals surface area contributed by atoms with Crippen molar-refractivity contribution in [3.63, 3.8) is 0 Å². The third kappa shape index (κ3) is 2.48. The Labute approximate surface area is 122 Å². The standard InChI is InChI=1S/C15H16ClN3O/c1-10(20)11-5-4-8-19(9-11)14-12-6-2-3-7-13(12)17-15(16)18-14/h2-3,6-7,11H,4-5,8-9H2,1H3. The zero-order chi connectivity index (χ0) is 14.1. The average molecular weight is 290 g/mol. The van der Waals surface area contributed by atoms with Crippen LogP contribution in [-0.2, 0) is 4.79 Å². The van der Waals surface area contributed by atoms with Crippen LogP contribution in [0.25, 0.3) is 10.9 Å². The van der Waals surface area contributed by atoms with Crippen molar-refractivity contribution in [3.8, 4) is 0 Å². The summed E-state index contributed by atoms with van der Waals surface area (Å²) in [5.74, 6) is 1.18. The van der Waals surface area contributed by atoms with Gasteiger partial charge in [-0.15, -0.1) is 0 Å². The number of carbonyl (C=O) groups is 1. The van der Waals surface area contributed by atoms with Crippen LogP contribution in [0.1, 0.15) is 19.8 Å². The second-order valence-corrected chi connectivity index (χ2v) is 5.57. The number of hydrogen-bond donors (Lipinski definition) is 0. The van der Waals surface area contributed by atoms with Crippen molar-refractivity contribution in [2.24, 2.45) is 5.92 Å². The highest BCUT2D eigenvalue weighted by Gasteiger charge is 2.25. The van der Waals surface area contributed by atoms with Crippen LogP contribution in [0.5, 0.6) is 0 Å². The summed E-state index contributed by atoms with van der Waals surface area (Å²) in [7, 11) is 0. The van der Waals surface area contributed by atoms with Crippen LogP contribution >= 0.6 is 11.6 Å². The molecule has 0 spiro atoms. The van der Waals surface area contributed by atoms with Crippen molar-refractivity contribution in [2.45, 2.75) is 19.8 Å². The van der Waals surface area contributed by atoms with Crippen molar-refractivity contribution in [2.75, 3.05) is 18.0 Å². The van der Waals surface area contributed by atoms with E-state index < -0.39 is 0 Å². The molecule has 1 atom stereocenters. The molecule has 3 rings (SSSR count). The number of Topliss-reactive ketones (excluding diaryl/α,β-unsaturated/α-hetero) is 1. The Morgan fingerprint density at radius 3 is 2.95 bits per heavy atom. The third-order valence-electron chi connectivity index (χ3n) is 3.85. The number of rotatable bonds is 2. The fraction of sp³-hybridized carbons (Fsp3) is 0.400. The van der Waals surface area contributed by atoms with E-state index in [1.807, 2.05) is 24.3 Å². The monoisotopic (exact) mass is 289 g/mol.